The number of amides is 1. The maximum Gasteiger partial charge on any atom is 0.233 e. The number of piperidine rings is 1. The summed E-state index contributed by atoms with van der Waals surface area (Å²) in [6, 6.07) is 5.13. The Morgan fingerprint density at radius 3 is 2.52 bits per heavy atom. The molecule has 2 fully saturated rings. The molecule has 0 aromatic heterocycles. The summed E-state index contributed by atoms with van der Waals surface area (Å²) in [4.78, 5) is 15.9. The summed E-state index contributed by atoms with van der Waals surface area (Å²) in [5, 5.41) is 3.39. The fourth-order valence-corrected chi connectivity index (χ4v) is 6.25. The Kier molecular flexibility index (Phi) is 5.99. The van der Waals surface area contributed by atoms with Crippen molar-refractivity contribution in [2.45, 2.75) is 63.8 Å². The standard InChI is InChI=1S/C24H36FN3O/c1-16(2)17-3-5-18(6-4-17)22-20-15-19(25)7-8-21(20)24(9-12-27-13-10-24)23(29)28(22)14-11-26/h7-8,15-18,22,27H,3-6,9-14,26H2,1-2H3. The number of benzene rings is 1. The van der Waals surface area contributed by atoms with Crippen LogP contribution >= 0.6 is 0 Å². The Labute approximate surface area is 174 Å². The summed E-state index contributed by atoms with van der Waals surface area (Å²) < 4.78 is 14.4. The Hall–Kier alpha value is -1.46. The number of fused-ring (bicyclic) bond motifs is 2. The fraction of sp³-hybridized carbons (Fsp3) is 0.708. The van der Waals surface area contributed by atoms with Crippen LogP contribution < -0.4 is 11.1 Å². The van der Waals surface area contributed by atoms with Crippen molar-refractivity contribution in [1.82, 2.24) is 10.2 Å². The third-order valence-corrected chi connectivity index (χ3v) is 7.89. The average Bonchev–Trinajstić information content (AvgIpc) is 2.73. The minimum Gasteiger partial charge on any atom is -0.333 e. The zero-order valence-corrected chi connectivity index (χ0v) is 17.9. The summed E-state index contributed by atoms with van der Waals surface area (Å²) in [5.74, 6) is 1.87. The number of nitrogens with two attached hydrogens (primary N) is 1. The number of nitrogens with zero attached hydrogens (tertiary/aromatic N) is 1. The van der Waals surface area contributed by atoms with Gasteiger partial charge in [0.1, 0.15) is 5.82 Å². The van der Waals surface area contributed by atoms with E-state index < -0.39 is 5.41 Å². The molecule has 1 amide bonds. The molecule has 4 rings (SSSR count). The number of hydrogen-bond acceptors (Lipinski definition) is 3. The van der Waals surface area contributed by atoms with Crippen molar-refractivity contribution in [3.63, 3.8) is 0 Å². The summed E-state index contributed by atoms with van der Waals surface area (Å²) in [6.45, 7) is 7.26. The fourth-order valence-electron chi connectivity index (χ4n) is 6.25. The summed E-state index contributed by atoms with van der Waals surface area (Å²) >= 11 is 0. The van der Waals surface area contributed by atoms with Gasteiger partial charge in [0, 0.05) is 13.1 Å². The molecule has 5 heteroatoms. The lowest BCUT2D eigenvalue weighted by atomic mass is 9.63. The van der Waals surface area contributed by atoms with Crippen molar-refractivity contribution in [2.24, 2.45) is 23.5 Å². The van der Waals surface area contributed by atoms with Crippen LogP contribution in [0.4, 0.5) is 4.39 Å². The Bertz CT molecular complexity index is 736. The molecular weight excluding hydrogens is 365 g/mol. The molecule has 29 heavy (non-hydrogen) atoms. The maximum atomic E-state index is 14.4. The molecular formula is C24H36FN3O. The molecule has 1 spiro atoms. The van der Waals surface area contributed by atoms with Gasteiger partial charge in [0.25, 0.3) is 0 Å². The van der Waals surface area contributed by atoms with Crippen LogP contribution in [0.2, 0.25) is 0 Å². The van der Waals surface area contributed by atoms with Crippen molar-refractivity contribution in [3.8, 4) is 0 Å². The zero-order chi connectivity index (χ0) is 20.6. The van der Waals surface area contributed by atoms with Crippen molar-refractivity contribution in [1.29, 1.82) is 0 Å². The van der Waals surface area contributed by atoms with Gasteiger partial charge < -0.3 is 16.0 Å². The molecule has 2 heterocycles. The largest absolute Gasteiger partial charge is 0.333 e. The van der Waals surface area contributed by atoms with E-state index in [0.717, 1.165) is 55.8 Å². The highest BCUT2D eigenvalue weighted by Crippen LogP contribution is 2.51. The van der Waals surface area contributed by atoms with E-state index in [2.05, 4.69) is 19.2 Å². The van der Waals surface area contributed by atoms with E-state index in [9.17, 15) is 9.18 Å². The van der Waals surface area contributed by atoms with Gasteiger partial charge in [-0.05, 0) is 92.6 Å². The van der Waals surface area contributed by atoms with Crippen LogP contribution in [-0.2, 0) is 10.2 Å². The molecule has 1 saturated heterocycles. The molecule has 1 saturated carbocycles. The average molecular weight is 402 g/mol. The van der Waals surface area contributed by atoms with Gasteiger partial charge in [0.05, 0.1) is 11.5 Å². The first-order chi connectivity index (χ1) is 14.0. The molecule has 1 unspecified atom stereocenters. The van der Waals surface area contributed by atoms with Gasteiger partial charge in [0.2, 0.25) is 5.91 Å². The first-order valence-corrected chi connectivity index (χ1v) is 11.5. The molecule has 1 atom stereocenters. The minimum atomic E-state index is -0.519. The smallest absolute Gasteiger partial charge is 0.233 e. The molecule has 1 aliphatic carbocycles. The van der Waals surface area contributed by atoms with Crippen LogP contribution in [0.5, 0.6) is 0 Å². The van der Waals surface area contributed by atoms with E-state index in [-0.39, 0.29) is 17.8 Å². The number of halogens is 1. The van der Waals surface area contributed by atoms with Gasteiger partial charge in [-0.15, -0.1) is 0 Å². The quantitative estimate of drug-likeness (QED) is 0.808. The van der Waals surface area contributed by atoms with Crippen LogP contribution in [0.1, 0.15) is 69.5 Å². The van der Waals surface area contributed by atoms with Crippen molar-refractivity contribution < 1.29 is 9.18 Å². The number of carbonyl (C=O) groups is 1. The van der Waals surface area contributed by atoms with E-state index in [1.165, 1.54) is 12.8 Å². The highest BCUT2D eigenvalue weighted by molar-refractivity contribution is 5.91. The number of nitrogens with one attached hydrogen (secondary N) is 1. The van der Waals surface area contributed by atoms with E-state index >= 15 is 0 Å². The summed E-state index contributed by atoms with van der Waals surface area (Å²) in [6.07, 6.45) is 6.15. The Morgan fingerprint density at radius 1 is 1.21 bits per heavy atom. The summed E-state index contributed by atoms with van der Waals surface area (Å²) in [5.41, 5.74) is 7.57. The monoisotopic (exact) mass is 401 g/mol. The second kappa shape index (κ2) is 8.35. The predicted octanol–water partition coefficient (Wildman–Crippen LogP) is 3.75. The van der Waals surface area contributed by atoms with Crippen molar-refractivity contribution in [3.05, 3.63) is 35.1 Å². The molecule has 3 N–H and O–H groups in total. The second-order valence-corrected chi connectivity index (χ2v) is 9.71. The molecule has 0 bridgehead atoms. The number of rotatable bonds is 4. The lowest BCUT2D eigenvalue weighted by Gasteiger charge is -2.52. The number of hydrogen-bond donors (Lipinski definition) is 2. The Balaban J connectivity index is 1.76. The van der Waals surface area contributed by atoms with Gasteiger partial charge in [0.15, 0.2) is 0 Å². The highest BCUT2D eigenvalue weighted by Gasteiger charge is 2.52. The molecule has 1 aromatic rings. The molecule has 2 aliphatic heterocycles. The van der Waals surface area contributed by atoms with E-state index in [1.807, 2.05) is 11.0 Å². The molecule has 3 aliphatic rings. The Morgan fingerprint density at radius 2 is 1.90 bits per heavy atom. The molecule has 4 nitrogen and oxygen atoms in total. The van der Waals surface area contributed by atoms with E-state index in [0.29, 0.717) is 24.9 Å². The molecule has 1 aromatic carbocycles. The van der Waals surface area contributed by atoms with Crippen LogP contribution in [0.15, 0.2) is 18.2 Å². The van der Waals surface area contributed by atoms with Crippen molar-refractivity contribution >= 4 is 5.91 Å². The van der Waals surface area contributed by atoms with E-state index in [1.54, 1.807) is 12.1 Å². The lowest BCUT2D eigenvalue weighted by Crippen LogP contribution is -2.58. The highest BCUT2D eigenvalue weighted by atomic mass is 19.1. The first-order valence-electron chi connectivity index (χ1n) is 11.5. The zero-order valence-electron chi connectivity index (χ0n) is 17.9. The van der Waals surface area contributed by atoms with Gasteiger partial charge in [-0.1, -0.05) is 19.9 Å². The van der Waals surface area contributed by atoms with Crippen LogP contribution in [0.25, 0.3) is 0 Å². The summed E-state index contributed by atoms with van der Waals surface area (Å²) in [7, 11) is 0. The topological polar surface area (TPSA) is 58.4 Å². The van der Waals surface area contributed by atoms with Crippen LogP contribution in [0, 0.1) is 23.6 Å². The third-order valence-electron chi connectivity index (χ3n) is 7.89. The lowest BCUT2D eigenvalue weighted by molar-refractivity contribution is -0.145. The van der Waals surface area contributed by atoms with Gasteiger partial charge in [-0.25, -0.2) is 4.39 Å². The minimum absolute atomic E-state index is 0.0367. The van der Waals surface area contributed by atoms with Gasteiger partial charge >= 0.3 is 0 Å². The van der Waals surface area contributed by atoms with Crippen molar-refractivity contribution in [2.75, 3.05) is 26.2 Å². The molecule has 0 radical (unpaired) electrons. The maximum absolute atomic E-state index is 14.4. The number of carbonyl (C=O) groups excluding carboxylic acids is 1. The normalized spacial score (nSPS) is 29.3. The van der Waals surface area contributed by atoms with Gasteiger partial charge in [-0.3, -0.25) is 4.79 Å². The SMILES string of the molecule is CC(C)C1CCC(C2c3cc(F)ccc3C3(CCNCC3)C(=O)N2CCN)CC1. The third kappa shape index (κ3) is 3.61. The first kappa shape index (κ1) is 20.8. The second-order valence-electron chi connectivity index (χ2n) is 9.71. The molecule has 160 valence electrons. The van der Waals surface area contributed by atoms with Crippen LogP contribution in [-0.4, -0.2) is 37.0 Å². The van der Waals surface area contributed by atoms with Crippen LogP contribution in [0.3, 0.4) is 0 Å². The predicted molar refractivity (Wildman–Crippen MR) is 114 cm³/mol. The van der Waals surface area contributed by atoms with E-state index in [4.69, 9.17) is 5.73 Å². The van der Waals surface area contributed by atoms with Gasteiger partial charge in [-0.2, -0.15) is 0 Å².